The Morgan fingerprint density at radius 2 is 2.42 bits per heavy atom. The fraction of sp³-hybridized carbons (Fsp3) is 0.500. The Morgan fingerprint density at radius 3 is 3.25 bits per heavy atom. The standard InChI is InChI=1S/C10H13NO/c1-8-6-7-9-4-2-3-5-10(9)11(8)12/h4,6-8H,2-3,5H2,1H3. The summed E-state index contributed by atoms with van der Waals surface area (Å²) >= 11 is 0. The fourth-order valence-corrected chi connectivity index (χ4v) is 1.76. The zero-order valence-electron chi connectivity index (χ0n) is 7.29. The van der Waals surface area contributed by atoms with E-state index in [0.29, 0.717) is 0 Å². The maximum atomic E-state index is 11.5. The van der Waals surface area contributed by atoms with E-state index < -0.39 is 0 Å². The van der Waals surface area contributed by atoms with Gasteiger partial charge in [0.2, 0.25) is 0 Å². The molecule has 1 atom stereocenters. The van der Waals surface area contributed by atoms with E-state index in [4.69, 9.17) is 0 Å². The predicted molar refractivity (Wildman–Crippen MR) is 49.2 cm³/mol. The number of hydrogen-bond donors (Lipinski definition) is 0. The van der Waals surface area contributed by atoms with Gasteiger partial charge >= 0.3 is 0 Å². The Hall–Kier alpha value is -1.05. The van der Waals surface area contributed by atoms with Gasteiger partial charge in [-0.1, -0.05) is 6.08 Å². The highest BCUT2D eigenvalue weighted by atomic mass is 16.5. The molecule has 1 aliphatic carbocycles. The topological polar surface area (TPSA) is 26.1 Å². The molecule has 2 aliphatic rings. The summed E-state index contributed by atoms with van der Waals surface area (Å²) in [5.41, 5.74) is 2.13. The molecule has 12 heavy (non-hydrogen) atoms. The first kappa shape index (κ1) is 7.59. The molecule has 0 saturated heterocycles. The number of rotatable bonds is 0. The summed E-state index contributed by atoms with van der Waals surface area (Å²) in [5.74, 6) is 0. The van der Waals surface area contributed by atoms with Gasteiger partial charge in [0, 0.05) is 18.9 Å². The summed E-state index contributed by atoms with van der Waals surface area (Å²) in [6.45, 7) is 1.93. The Kier molecular flexibility index (Phi) is 1.75. The van der Waals surface area contributed by atoms with E-state index in [1.54, 1.807) is 0 Å². The van der Waals surface area contributed by atoms with Crippen LogP contribution in [0.15, 0.2) is 23.8 Å². The highest BCUT2D eigenvalue weighted by Gasteiger charge is 2.23. The molecule has 0 N–H and O–H groups in total. The van der Waals surface area contributed by atoms with Crippen molar-refractivity contribution < 1.29 is 4.74 Å². The van der Waals surface area contributed by atoms with Gasteiger partial charge in [-0.15, -0.1) is 0 Å². The second-order valence-electron chi connectivity index (χ2n) is 3.42. The van der Waals surface area contributed by atoms with Crippen molar-refractivity contribution in [2.24, 2.45) is 0 Å². The zero-order valence-corrected chi connectivity index (χ0v) is 7.29. The van der Waals surface area contributed by atoms with Gasteiger partial charge in [-0.2, -0.15) is 0 Å². The summed E-state index contributed by atoms with van der Waals surface area (Å²) in [6.07, 6.45) is 9.39. The van der Waals surface area contributed by atoms with Gasteiger partial charge in [-0.05, 0) is 25.0 Å². The monoisotopic (exact) mass is 163 g/mol. The largest absolute Gasteiger partial charge is 0.623 e. The van der Waals surface area contributed by atoms with Gasteiger partial charge in [0.1, 0.15) is 0 Å². The molecule has 64 valence electrons. The van der Waals surface area contributed by atoms with Crippen LogP contribution in [0, 0.1) is 5.21 Å². The molecule has 0 fully saturated rings. The smallest absolute Gasteiger partial charge is 0.194 e. The quantitative estimate of drug-likeness (QED) is 0.396. The van der Waals surface area contributed by atoms with Crippen LogP contribution in [0.3, 0.4) is 0 Å². The third kappa shape index (κ3) is 1.07. The average molecular weight is 163 g/mol. The molecule has 1 unspecified atom stereocenters. The minimum Gasteiger partial charge on any atom is -0.623 e. The molecular weight excluding hydrogens is 150 g/mol. The molecular formula is C10H13NO. The van der Waals surface area contributed by atoms with Gasteiger partial charge in [0.05, 0.1) is 0 Å². The van der Waals surface area contributed by atoms with E-state index in [1.165, 1.54) is 0 Å². The maximum absolute atomic E-state index is 11.5. The lowest BCUT2D eigenvalue weighted by molar-refractivity contribution is -0.485. The molecule has 0 bridgehead atoms. The number of fused-ring (bicyclic) bond motifs is 1. The van der Waals surface area contributed by atoms with Gasteiger partial charge in [0.25, 0.3) is 0 Å². The molecule has 1 heterocycles. The van der Waals surface area contributed by atoms with Crippen LogP contribution >= 0.6 is 0 Å². The Morgan fingerprint density at radius 1 is 1.58 bits per heavy atom. The van der Waals surface area contributed by atoms with Crippen LogP contribution in [0.4, 0.5) is 0 Å². The van der Waals surface area contributed by atoms with E-state index >= 15 is 0 Å². The number of hydroxylamine groups is 1. The minimum atomic E-state index is 0.0234. The third-order valence-corrected chi connectivity index (χ3v) is 2.51. The highest BCUT2D eigenvalue weighted by Crippen LogP contribution is 2.20. The van der Waals surface area contributed by atoms with Crippen molar-refractivity contribution in [2.45, 2.75) is 32.2 Å². The van der Waals surface area contributed by atoms with Crippen molar-refractivity contribution in [2.75, 3.05) is 0 Å². The van der Waals surface area contributed by atoms with E-state index in [0.717, 1.165) is 35.3 Å². The minimum absolute atomic E-state index is 0.0234. The molecule has 0 aromatic heterocycles. The van der Waals surface area contributed by atoms with Crippen LogP contribution in [0.25, 0.3) is 0 Å². The summed E-state index contributed by atoms with van der Waals surface area (Å²) in [6, 6.07) is 0.0234. The second kappa shape index (κ2) is 2.77. The summed E-state index contributed by atoms with van der Waals surface area (Å²) in [5, 5.41) is 11.5. The Labute approximate surface area is 72.5 Å². The van der Waals surface area contributed by atoms with Crippen molar-refractivity contribution >= 4 is 5.71 Å². The normalized spacial score (nSPS) is 28.4. The first-order valence-corrected chi connectivity index (χ1v) is 4.50. The van der Waals surface area contributed by atoms with Crippen LogP contribution < -0.4 is 0 Å². The summed E-state index contributed by atoms with van der Waals surface area (Å²) in [7, 11) is 0. The van der Waals surface area contributed by atoms with Crippen LogP contribution in [0.2, 0.25) is 0 Å². The fourth-order valence-electron chi connectivity index (χ4n) is 1.76. The number of hydrogen-bond acceptors (Lipinski definition) is 1. The molecule has 2 heteroatoms. The lowest BCUT2D eigenvalue weighted by Crippen LogP contribution is -2.29. The molecule has 0 saturated carbocycles. The third-order valence-electron chi connectivity index (χ3n) is 2.51. The first-order chi connectivity index (χ1) is 5.79. The van der Waals surface area contributed by atoms with E-state index in [9.17, 15) is 5.21 Å². The second-order valence-corrected chi connectivity index (χ2v) is 3.42. The van der Waals surface area contributed by atoms with Crippen LogP contribution in [0.5, 0.6) is 0 Å². The van der Waals surface area contributed by atoms with E-state index in [2.05, 4.69) is 12.2 Å². The molecule has 0 radical (unpaired) electrons. The molecule has 2 nitrogen and oxygen atoms in total. The maximum Gasteiger partial charge on any atom is 0.194 e. The van der Waals surface area contributed by atoms with Gasteiger partial charge in [0.15, 0.2) is 11.8 Å². The van der Waals surface area contributed by atoms with Gasteiger partial charge in [-0.25, -0.2) is 4.74 Å². The number of allylic oxidation sites excluding steroid dienone is 3. The molecule has 0 amide bonds. The molecule has 1 aliphatic heterocycles. The van der Waals surface area contributed by atoms with Gasteiger partial charge < -0.3 is 5.21 Å². The first-order valence-electron chi connectivity index (χ1n) is 4.50. The zero-order chi connectivity index (χ0) is 8.55. The SMILES string of the molecule is CC1C=CC2=CCCCC2=[N+]1[O-]. The van der Waals surface area contributed by atoms with Crippen molar-refractivity contribution in [1.82, 2.24) is 0 Å². The predicted octanol–water partition coefficient (Wildman–Crippen LogP) is 2.01. The molecule has 2 rings (SSSR count). The average Bonchev–Trinajstić information content (AvgIpc) is 2.12. The highest BCUT2D eigenvalue weighted by molar-refractivity contribution is 6.00. The Balaban J connectivity index is 2.42. The van der Waals surface area contributed by atoms with Crippen LogP contribution in [-0.2, 0) is 0 Å². The van der Waals surface area contributed by atoms with Crippen molar-refractivity contribution in [3.63, 3.8) is 0 Å². The Bertz CT molecular complexity index is 286. The summed E-state index contributed by atoms with van der Waals surface area (Å²) in [4.78, 5) is 0. The van der Waals surface area contributed by atoms with Crippen molar-refractivity contribution in [3.05, 3.63) is 29.0 Å². The van der Waals surface area contributed by atoms with Crippen LogP contribution in [-0.4, -0.2) is 16.5 Å². The van der Waals surface area contributed by atoms with Gasteiger partial charge in [-0.3, -0.25) is 0 Å². The lowest BCUT2D eigenvalue weighted by atomic mass is 9.94. The van der Waals surface area contributed by atoms with Crippen molar-refractivity contribution in [3.8, 4) is 0 Å². The summed E-state index contributed by atoms with van der Waals surface area (Å²) < 4.78 is 1.14. The number of nitrogens with zero attached hydrogens (tertiary/aromatic N) is 1. The van der Waals surface area contributed by atoms with Crippen LogP contribution in [0.1, 0.15) is 26.2 Å². The molecule has 0 spiro atoms. The lowest BCUT2D eigenvalue weighted by Gasteiger charge is -2.21. The van der Waals surface area contributed by atoms with E-state index in [1.807, 2.05) is 13.0 Å². The van der Waals surface area contributed by atoms with E-state index in [-0.39, 0.29) is 6.04 Å². The molecule has 0 aromatic carbocycles. The molecule has 0 aromatic rings. The van der Waals surface area contributed by atoms with Crippen molar-refractivity contribution in [1.29, 1.82) is 0 Å².